The van der Waals surface area contributed by atoms with Gasteiger partial charge in [-0.25, -0.2) is 4.98 Å². The first-order valence-corrected chi connectivity index (χ1v) is 7.32. The molecule has 0 atom stereocenters. The standard InChI is InChI=1S/C14H25ClN2/c1-3-4-5-6-7-8-9-10-11-13-16-12(2)14(15)17-13/h3-11H2,1-2H3,(H,16,17). The Kier molecular flexibility index (Phi) is 7.34. The summed E-state index contributed by atoms with van der Waals surface area (Å²) in [6.07, 6.45) is 11.8. The average Bonchev–Trinajstić information content (AvgIpc) is 2.62. The van der Waals surface area contributed by atoms with E-state index < -0.39 is 0 Å². The van der Waals surface area contributed by atoms with Gasteiger partial charge < -0.3 is 4.98 Å². The van der Waals surface area contributed by atoms with Gasteiger partial charge in [-0.2, -0.15) is 0 Å². The number of halogens is 1. The van der Waals surface area contributed by atoms with E-state index in [4.69, 9.17) is 11.6 Å². The zero-order valence-corrected chi connectivity index (χ0v) is 11.9. The fourth-order valence-electron chi connectivity index (χ4n) is 2.04. The minimum absolute atomic E-state index is 0.625. The van der Waals surface area contributed by atoms with Crippen LogP contribution >= 0.6 is 11.6 Å². The van der Waals surface area contributed by atoms with Gasteiger partial charge in [0.05, 0.1) is 5.69 Å². The molecule has 1 aromatic rings. The highest BCUT2D eigenvalue weighted by molar-refractivity contribution is 6.30. The molecule has 0 aliphatic rings. The number of hydrogen-bond acceptors (Lipinski definition) is 1. The molecule has 98 valence electrons. The van der Waals surface area contributed by atoms with Crippen molar-refractivity contribution in [3.05, 3.63) is 16.7 Å². The Labute approximate surface area is 110 Å². The molecule has 1 rings (SSSR count). The molecule has 0 aliphatic heterocycles. The van der Waals surface area contributed by atoms with E-state index in [2.05, 4.69) is 16.9 Å². The predicted octanol–water partition coefficient (Wildman–Crippen LogP) is 5.05. The third-order valence-electron chi connectivity index (χ3n) is 3.14. The molecule has 0 bridgehead atoms. The number of aromatic amines is 1. The van der Waals surface area contributed by atoms with E-state index in [0.717, 1.165) is 17.9 Å². The lowest BCUT2D eigenvalue weighted by Gasteiger charge is -2.00. The van der Waals surface area contributed by atoms with Gasteiger partial charge in [-0.3, -0.25) is 0 Å². The number of nitrogens with zero attached hydrogens (tertiary/aromatic N) is 1. The third-order valence-corrected chi connectivity index (χ3v) is 3.51. The molecule has 0 saturated heterocycles. The van der Waals surface area contributed by atoms with Crippen LogP contribution in [0.2, 0.25) is 5.15 Å². The van der Waals surface area contributed by atoms with Crippen LogP contribution in [0.4, 0.5) is 0 Å². The van der Waals surface area contributed by atoms with E-state index in [1.54, 1.807) is 0 Å². The smallest absolute Gasteiger partial charge is 0.150 e. The molecular weight excluding hydrogens is 232 g/mol. The van der Waals surface area contributed by atoms with Crippen LogP contribution in [-0.2, 0) is 6.42 Å². The van der Waals surface area contributed by atoms with Gasteiger partial charge in [0.1, 0.15) is 11.0 Å². The van der Waals surface area contributed by atoms with Crippen molar-refractivity contribution in [1.82, 2.24) is 9.97 Å². The second-order valence-electron chi connectivity index (χ2n) is 4.82. The van der Waals surface area contributed by atoms with Crippen molar-refractivity contribution >= 4 is 11.6 Å². The molecule has 0 spiro atoms. The molecule has 0 aliphatic carbocycles. The van der Waals surface area contributed by atoms with Gasteiger partial charge in [0.2, 0.25) is 0 Å². The molecule has 0 unspecified atom stereocenters. The van der Waals surface area contributed by atoms with Crippen LogP contribution in [-0.4, -0.2) is 9.97 Å². The van der Waals surface area contributed by atoms with Gasteiger partial charge >= 0.3 is 0 Å². The molecule has 0 amide bonds. The van der Waals surface area contributed by atoms with Crippen molar-refractivity contribution < 1.29 is 0 Å². The number of unbranched alkanes of at least 4 members (excludes halogenated alkanes) is 7. The topological polar surface area (TPSA) is 28.7 Å². The van der Waals surface area contributed by atoms with Crippen LogP contribution in [0.1, 0.15) is 69.8 Å². The molecule has 0 aromatic carbocycles. The largest absolute Gasteiger partial charge is 0.345 e. The van der Waals surface area contributed by atoms with Gasteiger partial charge in [0.25, 0.3) is 0 Å². The molecule has 0 radical (unpaired) electrons. The number of aryl methyl sites for hydroxylation is 2. The molecule has 3 heteroatoms. The summed E-state index contributed by atoms with van der Waals surface area (Å²) in [5.41, 5.74) is 0.987. The van der Waals surface area contributed by atoms with Crippen LogP contribution in [0.3, 0.4) is 0 Å². The second-order valence-corrected chi connectivity index (χ2v) is 5.18. The molecule has 1 N–H and O–H groups in total. The number of H-pyrrole nitrogens is 1. The molecule has 2 nitrogen and oxygen atoms in total. The van der Waals surface area contributed by atoms with Crippen molar-refractivity contribution in [2.24, 2.45) is 0 Å². The monoisotopic (exact) mass is 256 g/mol. The minimum Gasteiger partial charge on any atom is -0.345 e. The number of imidazole rings is 1. The zero-order chi connectivity index (χ0) is 12.5. The quantitative estimate of drug-likeness (QED) is 0.615. The number of nitrogens with one attached hydrogen (secondary N) is 1. The van der Waals surface area contributed by atoms with Gasteiger partial charge in [-0.05, 0) is 13.3 Å². The number of rotatable bonds is 9. The summed E-state index contributed by atoms with van der Waals surface area (Å²) in [5.74, 6) is 1.04. The van der Waals surface area contributed by atoms with Gasteiger partial charge in [0, 0.05) is 6.42 Å². The van der Waals surface area contributed by atoms with Crippen LogP contribution in [0.15, 0.2) is 0 Å². The minimum atomic E-state index is 0.625. The Balaban J connectivity index is 1.97. The van der Waals surface area contributed by atoms with Crippen molar-refractivity contribution in [2.45, 2.75) is 71.6 Å². The van der Waals surface area contributed by atoms with Gasteiger partial charge in [-0.1, -0.05) is 63.5 Å². The van der Waals surface area contributed by atoms with Crippen molar-refractivity contribution in [1.29, 1.82) is 0 Å². The summed E-state index contributed by atoms with van der Waals surface area (Å²) in [6.45, 7) is 4.23. The molecule has 0 saturated carbocycles. The average molecular weight is 257 g/mol. The maximum atomic E-state index is 5.90. The summed E-state index contributed by atoms with van der Waals surface area (Å²) in [5, 5.41) is 0.625. The maximum absolute atomic E-state index is 5.90. The highest BCUT2D eigenvalue weighted by Gasteiger charge is 2.03. The Morgan fingerprint density at radius 3 is 2.12 bits per heavy atom. The second kappa shape index (κ2) is 8.57. The summed E-state index contributed by atoms with van der Waals surface area (Å²) < 4.78 is 0. The SMILES string of the molecule is CCCCCCCCCCc1nc(Cl)c(C)[nH]1. The van der Waals surface area contributed by atoms with E-state index in [1.165, 1.54) is 51.4 Å². The van der Waals surface area contributed by atoms with Crippen LogP contribution < -0.4 is 0 Å². The van der Waals surface area contributed by atoms with Crippen molar-refractivity contribution in [3.8, 4) is 0 Å². The van der Waals surface area contributed by atoms with Crippen LogP contribution in [0.5, 0.6) is 0 Å². The summed E-state index contributed by atoms with van der Waals surface area (Å²) in [4.78, 5) is 7.50. The van der Waals surface area contributed by atoms with Crippen LogP contribution in [0.25, 0.3) is 0 Å². The summed E-state index contributed by atoms with van der Waals surface area (Å²) in [6, 6.07) is 0. The highest BCUT2D eigenvalue weighted by atomic mass is 35.5. The van der Waals surface area contributed by atoms with Gasteiger partial charge in [-0.15, -0.1) is 0 Å². The molecule has 17 heavy (non-hydrogen) atoms. The molecule has 0 fully saturated rings. The third kappa shape index (κ3) is 6.11. The van der Waals surface area contributed by atoms with E-state index in [0.29, 0.717) is 5.15 Å². The van der Waals surface area contributed by atoms with Crippen LogP contribution in [0, 0.1) is 6.92 Å². The van der Waals surface area contributed by atoms with Gasteiger partial charge in [0.15, 0.2) is 0 Å². The zero-order valence-electron chi connectivity index (χ0n) is 11.2. The number of hydrogen-bond donors (Lipinski definition) is 1. The first-order valence-electron chi connectivity index (χ1n) is 6.95. The van der Waals surface area contributed by atoms with E-state index in [1.807, 2.05) is 6.92 Å². The lowest BCUT2D eigenvalue weighted by molar-refractivity contribution is 0.572. The Bertz CT molecular complexity index is 288. The summed E-state index contributed by atoms with van der Waals surface area (Å²) >= 11 is 5.90. The fourth-order valence-corrected chi connectivity index (χ4v) is 2.19. The Morgan fingerprint density at radius 1 is 1.00 bits per heavy atom. The Hall–Kier alpha value is -0.500. The maximum Gasteiger partial charge on any atom is 0.150 e. The molecule has 1 aromatic heterocycles. The fraction of sp³-hybridized carbons (Fsp3) is 0.786. The Morgan fingerprint density at radius 2 is 1.59 bits per heavy atom. The lowest BCUT2D eigenvalue weighted by Crippen LogP contribution is -1.89. The van der Waals surface area contributed by atoms with E-state index >= 15 is 0 Å². The van der Waals surface area contributed by atoms with E-state index in [9.17, 15) is 0 Å². The normalized spacial score (nSPS) is 11.0. The molecule has 1 heterocycles. The predicted molar refractivity (Wildman–Crippen MR) is 74.6 cm³/mol. The molecular formula is C14H25ClN2. The van der Waals surface area contributed by atoms with E-state index in [-0.39, 0.29) is 0 Å². The van der Waals surface area contributed by atoms with Crippen molar-refractivity contribution in [3.63, 3.8) is 0 Å². The first-order chi connectivity index (χ1) is 8.24. The first kappa shape index (κ1) is 14.6. The van der Waals surface area contributed by atoms with Crippen molar-refractivity contribution in [2.75, 3.05) is 0 Å². The lowest BCUT2D eigenvalue weighted by atomic mass is 10.1. The highest BCUT2D eigenvalue weighted by Crippen LogP contribution is 2.14. The number of aromatic nitrogens is 2. The summed E-state index contributed by atoms with van der Waals surface area (Å²) in [7, 11) is 0.